The van der Waals surface area contributed by atoms with Gasteiger partial charge in [0.2, 0.25) is 10.0 Å². The quantitative estimate of drug-likeness (QED) is 0.787. The van der Waals surface area contributed by atoms with Crippen LogP contribution in [0.3, 0.4) is 0 Å². The molecule has 2 aromatic carbocycles. The molecular weight excluding hydrogens is 294 g/mol. The zero-order valence-electron chi connectivity index (χ0n) is 13.4. The monoisotopic (exact) mass is 319 g/mol. The van der Waals surface area contributed by atoms with E-state index in [0.29, 0.717) is 17.4 Å². The van der Waals surface area contributed by atoms with E-state index in [4.69, 9.17) is 0 Å². The molecule has 0 aliphatic carbocycles. The second kappa shape index (κ2) is 7.75. The van der Waals surface area contributed by atoms with Crippen molar-refractivity contribution in [2.24, 2.45) is 5.92 Å². The van der Waals surface area contributed by atoms with Gasteiger partial charge in [0, 0.05) is 6.54 Å². The van der Waals surface area contributed by atoms with Gasteiger partial charge < -0.3 is 0 Å². The fraction of sp³-hybridized carbons (Fsp3) is 0.444. The van der Waals surface area contributed by atoms with E-state index in [9.17, 15) is 8.42 Å². The number of rotatable bonds is 8. The van der Waals surface area contributed by atoms with Crippen LogP contribution in [0, 0.1) is 5.92 Å². The first-order valence-corrected chi connectivity index (χ1v) is 9.53. The number of sulfonamides is 1. The molecule has 4 heteroatoms. The molecule has 0 saturated heterocycles. The molecule has 2 aromatic rings. The number of fused-ring (bicyclic) bond motifs is 1. The van der Waals surface area contributed by atoms with Crippen LogP contribution in [-0.4, -0.2) is 15.0 Å². The summed E-state index contributed by atoms with van der Waals surface area (Å²) in [5.41, 5.74) is 0. The Morgan fingerprint density at radius 2 is 1.77 bits per heavy atom. The molecule has 0 saturated carbocycles. The molecule has 0 fully saturated rings. The molecule has 0 radical (unpaired) electrons. The Balaban J connectivity index is 2.11. The van der Waals surface area contributed by atoms with Crippen LogP contribution >= 0.6 is 0 Å². The minimum atomic E-state index is -3.43. The molecule has 22 heavy (non-hydrogen) atoms. The van der Waals surface area contributed by atoms with Crippen molar-refractivity contribution in [3.63, 3.8) is 0 Å². The van der Waals surface area contributed by atoms with Crippen molar-refractivity contribution >= 4 is 20.8 Å². The van der Waals surface area contributed by atoms with Gasteiger partial charge in [-0.2, -0.15) is 0 Å². The Morgan fingerprint density at radius 3 is 2.45 bits per heavy atom. The summed E-state index contributed by atoms with van der Waals surface area (Å²) in [4.78, 5) is 0.344. The van der Waals surface area contributed by atoms with Crippen LogP contribution in [0.5, 0.6) is 0 Å². The highest BCUT2D eigenvalue weighted by atomic mass is 32.2. The molecule has 0 unspecified atom stereocenters. The summed E-state index contributed by atoms with van der Waals surface area (Å²) in [5.74, 6) is 0.412. The van der Waals surface area contributed by atoms with Gasteiger partial charge in [-0.05, 0) is 35.2 Å². The van der Waals surface area contributed by atoms with Gasteiger partial charge in [-0.25, -0.2) is 13.1 Å². The van der Waals surface area contributed by atoms with Gasteiger partial charge in [0.05, 0.1) is 4.90 Å². The highest BCUT2D eigenvalue weighted by molar-refractivity contribution is 7.89. The lowest BCUT2D eigenvalue weighted by Gasteiger charge is -2.15. The predicted molar refractivity (Wildman–Crippen MR) is 92.4 cm³/mol. The highest BCUT2D eigenvalue weighted by Crippen LogP contribution is 2.19. The van der Waals surface area contributed by atoms with Gasteiger partial charge in [0.15, 0.2) is 0 Å². The van der Waals surface area contributed by atoms with Gasteiger partial charge in [-0.3, -0.25) is 0 Å². The second-order valence-electron chi connectivity index (χ2n) is 5.78. The summed E-state index contributed by atoms with van der Waals surface area (Å²) in [6.45, 7) is 4.79. The van der Waals surface area contributed by atoms with Crippen molar-refractivity contribution in [1.82, 2.24) is 4.72 Å². The van der Waals surface area contributed by atoms with Crippen molar-refractivity contribution < 1.29 is 8.42 Å². The van der Waals surface area contributed by atoms with E-state index in [0.717, 1.165) is 36.5 Å². The second-order valence-corrected chi connectivity index (χ2v) is 7.54. The van der Waals surface area contributed by atoms with E-state index in [1.807, 2.05) is 30.3 Å². The van der Waals surface area contributed by atoms with Crippen molar-refractivity contribution in [2.75, 3.05) is 6.54 Å². The maximum absolute atomic E-state index is 12.5. The third-order valence-electron chi connectivity index (χ3n) is 4.14. The maximum atomic E-state index is 12.5. The fourth-order valence-corrected chi connectivity index (χ4v) is 3.74. The average Bonchev–Trinajstić information content (AvgIpc) is 2.54. The van der Waals surface area contributed by atoms with Crippen LogP contribution in [0.2, 0.25) is 0 Å². The molecule has 0 heterocycles. The normalized spacial score (nSPS) is 13.4. The Bertz CT molecular complexity index is 710. The van der Waals surface area contributed by atoms with E-state index >= 15 is 0 Å². The van der Waals surface area contributed by atoms with Crippen LogP contribution in [0.15, 0.2) is 47.4 Å². The van der Waals surface area contributed by atoms with Crippen molar-refractivity contribution in [3.8, 4) is 0 Å². The Morgan fingerprint density at radius 1 is 1.05 bits per heavy atom. The lowest BCUT2D eigenvalue weighted by atomic mass is 10.00. The number of unbranched alkanes of at least 4 members (excludes halogenated alkanes) is 1. The lowest BCUT2D eigenvalue weighted by molar-refractivity contribution is 0.444. The molecule has 2 rings (SSSR count). The minimum Gasteiger partial charge on any atom is -0.211 e. The maximum Gasteiger partial charge on any atom is 0.240 e. The van der Waals surface area contributed by atoms with E-state index < -0.39 is 10.0 Å². The van der Waals surface area contributed by atoms with Crippen LogP contribution in [0.1, 0.15) is 39.5 Å². The largest absolute Gasteiger partial charge is 0.240 e. The molecule has 120 valence electrons. The molecule has 0 aromatic heterocycles. The van der Waals surface area contributed by atoms with Crippen LogP contribution in [0.25, 0.3) is 10.8 Å². The summed E-state index contributed by atoms with van der Waals surface area (Å²) >= 11 is 0. The minimum absolute atomic E-state index is 0.344. The Labute approximate surface area is 133 Å². The number of benzene rings is 2. The summed E-state index contributed by atoms with van der Waals surface area (Å²) in [5, 5.41) is 2.00. The van der Waals surface area contributed by atoms with Gasteiger partial charge >= 0.3 is 0 Å². The smallest absolute Gasteiger partial charge is 0.211 e. The summed E-state index contributed by atoms with van der Waals surface area (Å²) in [6, 6.07) is 13.1. The van der Waals surface area contributed by atoms with Crippen molar-refractivity contribution in [1.29, 1.82) is 0 Å². The standard InChI is InChI=1S/C18H25NO2S/c1-3-5-8-15(4-2)14-19-22(20,21)18-12-11-16-9-6-7-10-17(16)13-18/h6-7,9-13,15,19H,3-5,8,14H2,1-2H3/t15-/m0/s1. The third-order valence-corrected chi connectivity index (χ3v) is 5.56. The molecular formula is C18H25NO2S. The summed E-state index contributed by atoms with van der Waals surface area (Å²) in [6.07, 6.45) is 4.37. The van der Waals surface area contributed by atoms with E-state index in [-0.39, 0.29) is 0 Å². The number of hydrogen-bond acceptors (Lipinski definition) is 2. The Kier molecular flexibility index (Phi) is 5.98. The van der Waals surface area contributed by atoms with Crippen molar-refractivity contribution in [3.05, 3.63) is 42.5 Å². The fourth-order valence-electron chi connectivity index (χ4n) is 2.59. The first kappa shape index (κ1) is 17.0. The van der Waals surface area contributed by atoms with Gasteiger partial charge in [0.1, 0.15) is 0 Å². The van der Waals surface area contributed by atoms with Gasteiger partial charge in [-0.15, -0.1) is 0 Å². The first-order chi connectivity index (χ1) is 10.6. The molecule has 0 aliphatic heterocycles. The van der Waals surface area contributed by atoms with Crippen LogP contribution in [0.4, 0.5) is 0 Å². The average molecular weight is 319 g/mol. The SMILES string of the molecule is CCCC[C@H](CC)CNS(=O)(=O)c1ccc2ccccc2c1. The predicted octanol–water partition coefficient (Wildman–Crippen LogP) is 4.33. The van der Waals surface area contributed by atoms with Crippen LogP contribution < -0.4 is 4.72 Å². The zero-order valence-corrected chi connectivity index (χ0v) is 14.2. The molecule has 3 nitrogen and oxygen atoms in total. The highest BCUT2D eigenvalue weighted by Gasteiger charge is 2.16. The van der Waals surface area contributed by atoms with Crippen molar-refractivity contribution in [2.45, 2.75) is 44.4 Å². The zero-order chi connectivity index (χ0) is 16.0. The summed E-state index contributed by atoms with van der Waals surface area (Å²) in [7, 11) is -3.43. The molecule has 0 spiro atoms. The van der Waals surface area contributed by atoms with Gasteiger partial charge in [-0.1, -0.05) is 63.4 Å². The molecule has 1 N–H and O–H groups in total. The number of nitrogens with one attached hydrogen (secondary N) is 1. The Hall–Kier alpha value is -1.39. The summed E-state index contributed by atoms with van der Waals surface area (Å²) < 4.78 is 27.7. The molecule has 1 atom stereocenters. The topological polar surface area (TPSA) is 46.2 Å². The van der Waals surface area contributed by atoms with Crippen LogP contribution in [-0.2, 0) is 10.0 Å². The third kappa shape index (κ3) is 4.31. The van der Waals surface area contributed by atoms with Gasteiger partial charge in [0.25, 0.3) is 0 Å². The lowest BCUT2D eigenvalue weighted by Crippen LogP contribution is -2.29. The van der Waals surface area contributed by atoms with E-state index in [1.54, 1.807) is 12.1 Å². The molecule has 0 amide bonds. The molecule has 0 bridgehead atoms. The molecule has 0 aliphatic rings. The van der Waals surface area contributed by atoms with E-state index in [1.165, 1.54) is 0 Å². The number of hydrogen-bond donors (Lipinski definition) is 1. The first-order valence-electron chi connectivity index (χ1n) is 8.05. The van der Waals surface area contributed by atoms with E-state index in [2.05, 4.69) is 18.6 Å².